The topological polar surface area (TPSA) is 64.7 Å². The molecule has 0 aromatic heterocycles. The highest BCUT2D eigenvalue weighted by molar-refractivity contribution is 5.55. The Labute approximate surface area is 111 Å². The van der Waals surface area contributed by atoms with E-state index in [1.54, 1.807) is 6.07 Å². The molecule has 2 aliphatic rings. The SMILES string of the molecule is NCC1(c2cc3c(c(F)c2O)OCCO3)CCCC1. The van der Waals surface area contributed by atoms with Crippen molar-refractivity contribution in [1.82, 2.24) is 0 Å². The highest BCUT2D eigenvalue weighted by Crippen LogP contribution is 2.49. The molecule has 3 rings (SSSR count). The van der Waals surface area contributed by atoms with Gasteiger partial charge in [-0.3, -0.25) is 0 Å². The van der Waals surface area contributed by atoms with Gasteiger partial charge in [0.05, 0.1) is 0 Å². The zero-order valence-electron chi connectivity index (χ0n) is 10.7. The molecule has 4 nitrogen and oxygen atoms in total. The molecule has 1 aromatic rings. The van der Waals surface area contributed by atoms with Gasteiger partial charge in [0.1, 0.15) is 13.2 Å². The summed E-state index contributed by atoms with van der Waals surface area (Å²) in [5.74, 6) is -0.683. The first-order valence-electron chi connectivity index (χ1n) is 6.69. The first kappa shape index (κ1) is 12.5. The van der Waals surface area contributed by atoms with Gasteiger partial charge in [0, 0.05) is 17.5 Å². The third-order valence-electron chi connectivity index (χ3n) is 4.27. The van der Waals surface area contributed by atoms with Crippen molar-refractivity contribution in [2.75, 3.05) is 19.8 Å². The maximum absolute atomic E-state index is 14.2. The number of phenols is 1. The lowest BCUT2D eigenvalue weighted by Crippen LogP contribution is -2.32. The summed E-state index contributed by atoms with van der Waals surface area (Å²) in [4.78, 5) is 0. The Morgan fingerprint density at radius 3 is 2.63 bits per heavy atom. The predicted octanol–water partition coefficient (Wildman–Crippen LogP) is 2.07. The minimum Gasteiger partial charge on any atom is -0.505 e. The van der Waals surface area contributed by atoms with Gasteiger partial charge in [0.25, 0.3) is 0 Å². The smallest absolute Gasteiger partial charge is 0.210 e. The van der Waals surface area contributed by atoms with Gasteiger partial charge in [-0.15, -0.1) is 0 Å². The molecule has 1 heterocycles. The molecule has 3 N–H and O–H groups in total. The molecule has 0 unspecified atom stereocenters. The first-order chi connectivity index (χ1) is 9.18. The van der Waals surface area contributed by atoms with Crippen LogP contribution in [-0.4, -0.2) is 24.9 Å². The minimum atomic E-state index is -0.730. The van der Waals surface area contributed by atoms with Gasteiger partial charge in [0.15, 0.2) is 11.5 Å². The Bertz CT molecular complexity index is 498. The van der Waals surface area contributed by atoms with Gasteiger partial charge < -0.3 is 20.3 Å². The molecule has 0 spiro atoms. The van der Waals surface area contributed by atoms with Crippen molar-refractivity contribution in [3.63, 3.8) is 0 Å². The second-order valence-corrected chi connectivity index (χ2v) is 5.30. The predicted molar refractivity (Wildman–Crippen MR) is 68.3 cm³/mol. The molecule has 104 valence electrons. The van der Waals surface area contributed by atoms with E-state index >= 15 is 0 Å². The fraction of sp³-hybridized carbons (Fsp3) is 0.571. The molecule has 0 bridgehead atoms. The second kappa shape index (κ2) is 4.56. The standard InChI is InChI=1S/C14H18FNO3/c15-11-12(17)9(14(8-16)3-1-2-4-14)7-10-13(11)19-6-5-18-10/h7,17H,1-6,8,16H2. The van der Waals surface area contributed by atoms with Gasteiger partial charge in [-0.2, -0.15) is 4.39 Å². The number of benzene rings is 1. The highest BCUT2D eigenvalue weighted by Gasteiger charge is 2.39. The molecule has 5 heteroatoms. The Kier molecular flexibility index (Phi) is 3.01. The van der Waals surface area contributed by atoms with E-state index in [-0.39, 0.29) is 16.9 Å². The number of hydrogen-bond acceptors (Lipinski definition) is 4. The van der Waals surface area contributed by atoms with Crippen molar-refractivity contribution < 1.29 is 19.0 Å². The largest absolute Gasteiger partial charge is 0.505 e. The Balaban J connectivity index is 2.13. The number of aromatic hydroxyl groups is 1. The molecule has 0 radical (unpaired) electrons. The monoisotopic (exact) mass is 267 g/mol. The number of hydrogen-bond donors (Lipinski definition) is 2. The van der Waals surface area contributed by atoms with Gasteiger partial charge in [-0.05, 0) is 18.9 Å². The number of phenolic OH excluding ortho intramolecular Hbond substituents is 1. The third-order valence-corrected chi connectivity index (χ3v) is 4.27. The lowest BCUT2D eigenvalue weighted by Gasteiger charge is -2.30. The van der Waals surface area contributed by atoms with Crippen molar-refractivity contribution in [2.24, 2.45) is 5.73 Å². The third kappa shape index (κ3) is 1.84. The number of halogens is 1. The maximum atomic E-state index is 14.2. The van der Waals surface area contributed by atoms with Crippen LogP contribution in [0.4, 0.5) is 4.39 Å². The average molecular weight is 267 g/mol. The Hall–Kier alpha value is -1.49. The molecule has 0 atom stereocenters. The molecular weight excluding hydrogens is 249 g/mol. The fourth-order valence-electron chi connectivity index (χ4n) is 3.18. The number of fused-ring (bicyclic) bond motifs is 1. The van der Waals surface area contributed by atoms with Crippen molar-refractivity contribution in [1.29, 1.82) is 0 Å². The highest BCUT2D eigenvalue weighted by atomic mass is 19.1. The summed E-state index contributed by atoms with van der Waals surface area (Å²) in [7, 11) is 0. The number of rotatable bonds is 2. The fourth-order valence-corrected chi connectivity index (χ4v) is 3.18. The summed E-state index contributed by atoms with van der Waals surface area (Å²) in [5, 5.41) is 10.1. The zero-order chi connectivity index (χ0) is 13.5. The molecule has 1 saturated carbocycles. The van der Waals surface area contributed by atoms with E-state index in [0.29, 0.717) is 31.1 Å². The number of ether oxygens (including phenoxy) is 2. The lowest BCUT2D eigenvalue weighted by molar-refractivity contribution is 0.161. The Morgan fingerprint density at radius 2 is 1.95 bits per heavy atom. The first-order valence-corrected chi connectivity index (χ1v) is 6.69. The van der Waals surface area contributed by atoms with Crippen molar-refractivity contribution in [2.45, 2.75) is 31.1 Å². The minimum absolute atomic E-state index is 0.0117. The molecule has 1 aliphatic carbocycles. The van der Waals surface area contributed by atoms with E-state index in [9.17, 15) is 9.50 Å². The molecule has 1 fully saturated rings. The van der Waals surface area contributed by atoms with Gasteiger partial charge in [-0.25, -0.2) is 0 Å². The Morgan fingerprint density at radius 1 is 1.26 bits per heavy atom. The van der Waals surface area contributed by atoms with Gasteiger partial charge >= 0.3 is 0 Å². The van der Waals surface area contributed by atoms with Crippen LogP contribution in [0.1, 0.15) is 31.2 Å². The van der Waals surface area contributed by atoms with Crippen LogP contribution < -0.4 is 15.2 Å². The van der Waals surface area contributed by atoms with Crippen molar-refractivity contribution >= 4 is 0 Å². The molecule has 1 aromatic carbocycles. The van der Waals surface area contributed by atoms with Crippen LogP contribution in [0.2, 0.25) is 0 Å². The molecular formula is C14H18FNO3. The maximum Gasteiger partial charge on any atom is 0.210 e. The summed E-state index contributed by atoms with van der Waals surface area (Å²) in [6, 6.07) is 1.70. The quantitative estimate of drug-likeness (QED) is 0.861. The summed E-state index contributed by atoms with van der Waals surface area (Å²) < 4.78 is 24.9. The average Bonchev–Trinajstić information content (AvgIpc) is 2.93. The summed E-state index contributed by atoms with van der Waals surface area (Å²) in [6.07, 6.45) is 3.84. The van der Waals surface area contributed by atoms with E-state index < -0.39 is 5.82 Å². The van der Waals surface area contributed by atoms with E-state index in [4.69, 9.17) is 15.2 Å². The van der Waals surface area contributed by atoms with Crippen LogP contribution in [0.25, 0.3) is 0 Å². The van der Waals surface area contributed by atoms with Crippen molar-refractivity contribution in [3.8, 4) is 17.2 Å². The summed E-state index contributed by atoms with van der Waals surface area (Å²) in [5.41, 5.74) is 6.12. The molecule has 19 heavy (non-hydrogen) atoms. The van der Waals surface area contributed by atoms with E-state index in [2.05, 4.69) is 0 Å². The molecule has 0 amide bonds. The van der Waals surface area contributed by atoms with E-state index in [1.807, 2.05) is 0 Å². The van der Waals surface area contributed by atoms with Crippen LogP contribution in [-0.2, 0) is 5.41 Å². The van der Waals surface area contributed by atoms with Crippen LogP contribution in [0.15, 0.2) is 6.07 Å². The van der Waals surface area contributed by atoms with E-state index in [0.717, 1.165) is 25.7 Å². The normalized spacial score (nSPS) is 20.5. The van der Waals surface area contributed by atoms with Crippen LogP contribution >= 0.6 is 0 Å². The van der Waals surface area contributed by atoms with E-state index in [1.165, 1.54) is 0 Å². The lowest BCUT2D eigenvalue weighted by atomic mass is 9.78. The summed E-state index contributed by atoms with van der Waals surface area (Å²) >= 11 is 0. The molecule has 1 aliphatic heterocycles. The van der Waals surface area contributed by atoms with Crippen LogP contribution in [0.3, 0.4) is 0 Å². The molecule has 0 saturated heterocycles. The summed E-state index contributed by atoms with van der Waals surface area (Å²) in [6.45, 7) is 1.09. The van der Waals surface area contributed by atoms with Gasteiger partial charge in [-0.1, -0.05) is 12.8 Å². The second-order valence-electron chi connectivity index (χ2n) is 5.30. The van der Waals surface area contributed by atoms with Gasteiger partial charge in [0.2, 0.25) is 11.6 Å². The zero-order valence-corrected chi connectivity index (χ0v) is 10.7. The van der Waals surface area contributed by atoms with Crippen molar-refractivity contribution in [3.05, 3.63) is 17.4 Å². The van der Waals surface area contributed by atoms with Crippen LogP contribution in [0, 0.1) is 5.82 Å². The number of nitrogens with two attached hydrogens (primary N) is 1. The van der Waals surface area contributed by atoms with Crippen LogP contribution in [0.5, 0.6) is 17.2 Å².